The highest BCUT2D eigenvalue weighted by Gasteiger charge is 2.36. The fraction of sp³-hybridized carbons (Fsp3) is 0.909. The lowest BCUT2D eigenvalue weighted by molar-refractivity contribution is -0.120. The van der Waals surface area contributed by atoms with E-state index in [1.807, 2.05) is 6.92 Å². The smallest absolute Gasteiger partial charge is 0.233 e. The zero-order chi connectivity index (χ0) is 11.1. The van der Waals surface area contributed by atoms with Crippen LogP contribution >= 0.6 is 0 Å². The van der Waals surface area contributed by atoms with E-state index < -0.39 is 0 Å². The van der Waals surface area contributed by atoms with Crippen LogP contribution in [0.1, 0.15) is 32.6 Å². The van der Waals surface area contributed by atoms with Gasteiger partial charge in [0, 0.05) is 20.2 Å². The third kappa shape index (κ3) is 3.80. The molecular formula is C11H22N2O2. The van der Waals surface area contributed by atoms with Crippen LogP contribution in [0.4, 0.5) is 0 Å². The molecule has 15 heavy (non-hydrogen) atoms. The summed E-state index contributed by atoms with van der Waals surface area (Å²) in [5.74, 6) is 0.0717. The van der Waals surface area contributed by atoms with Gasteiger partial charge in [0.15, 0.2) is 0 Å². The minimum atomic E-state index is 0.00500. The molecule has 1 aliphatic carbocycles. The van der Waals surface area contributed by atoms with Crippen molar-refractivity contribution in [2.75, 3.05) is 26.7 Å². The first-order chi connectivity index (χ1) is 7.22. The number of hydrogen-bond donors (Lipinski definition) is 2. The molecule has 1 aliphatic rings. The third-order valence-corrected chi connectivity index (χ3v) is 3.00. The van der Waals surface area contributed by atoms with Crippen molar-refractivity contribution in [3.05, 3.63) is 0 Å². The van der Waals surface area contributed by atoms with Crippen LogP contribution in [0, 0.1) is 0 Å². The van der Waals surface area contributed by atoms with Gasteiger partial charge in [-0.3, -0.25) is 4.79 Å². The molecule has 0 aromatic heterocycles. The predicted molar refractivity (Wildman–Crippen MR) is 59.8 cm³/mol. The average Bonchev–Trinajstić information content (AvgIpc) is 2.19. The van der Waals surface area contributed by atoms with E-state index in [4.69, 9.17) is 4.74 Å². The van der Waals surface area contributed by atoms with Crippen LogP contribution in [0.3, 0.4) is 0 Å². The summed E-state index contributed by atoms with van der Waals surface area (Å²) in [5.41, 5.74) is 0.00500. The molecule has 1 amide bonds. The minimum Gasteiger partial charge on any atom is -0.377 e. The second-order valence-corrected chi connectivity index (χ2v) is 4.19. The highest BCUT2D eigenvalue weighted by atomic mass is 16.5. The fourth-order valence-corrected chi connectivity index (χ4v) is 1.75. The Morgan fingerprint density at radius 3 is 2.67 bits per heavy atom. The van der Waals surface area contributed by atoms with E-state index in [-0.39, 0.29) is 11.5 Å². The molecule has 0 unspecified atom stereocenters. The number of methoxy groups -OCH3 is 1. The molecule has 0 aliphatic heterocycles. The maximum atomic E-state index is 11.3. The van der Waals surface area contributed by atoms with Gasteiger partial charge < -0.3 is 15.4 Å². The van der Waals surface area contributed by atoms with E-state index in [9.17, 15) is 4.79 Å². The van der Waals surface area contributed by atoms with Crippen LogP contribution in [-0.2, 0) is 9.53 Å². The Morgan fingerprint density at radius 2 is 2.20 bits per heavy atom. The van der Waals surface area contributed by atoms with Gasteiger partial charge in [0.2, 0.25) is 5.91 Å². The first-order valence-electron chi connectivity index (χ1n) is 5.75. The lowest BCUT2D eigenvalue weighted by Crippen LogP contribution is -2.49. The Balaban J connectivity index is 2.07. The summed E-state index contributed by atoms with van der Waals surface area (Å²) in [6, 6.07) is 0. The summed E-state index contributed by atoms with van der Waals surface area (Å²) >= 11 is 0. The van der Waals surface area contributed by atoms with Crippen LogP contribution in [0.25, 0.3) is 0 Å². The lowest BCUT2D eigenvalue weighted by Gasteiger charge is -2.40. The van der Waals surface area contributed by atoms with Gasteiger partial charge in [-0.25, -0.2) is 0 Å². The zero-order valence-electron chi connectivity index (χ0n) is 9.77. The highest BCUT2D eigenvalue weighted by Crippen LogP contribution is 2.34. The van der Waals surface area contributed by atoms with Crippen molar-refractivity contribution < 1.29 is 9.53 Å². The number of rotatable bonds is 7. The van der Waals surface area contributed by atoms with Crippen LogP contribution in [0.5, 0.6) is 0 Å². The second kappa shape index (κ2) is 6.08. The Kier molecular flexibility index (Phi) is 5.05. The van der Waals surface area contributed by atoms with Gasteiger partial charge >= 0.3 is 0 Å². The maximum absolute atomic E-state index is 11.3. The summed E-state index contributed by atoms with van der Waals surface area (Å²) in [4.78, 5) is 11.3. The molecule has 4 nitrogen and oxygen atoms in total. The quantitative estimate of drug-likeness (QED) is 0.655. The van der Waals surface area contributed by atoms with Crippen molar-refractivity contribution >= 4 is 5.91 Å². The summed E-state index contributed by atoms with van der Waals surface area (Å²) < 4.78 is 5.44. The SMILES string of the molecule is CCCNC(=O)CNCC1(OC)CCC1. The van der Waals surface area contributed by atoms with Gasteiger partial charge in [0.1, 0.15) is 0 Å². The molecule has 0 saturated heterocycles. The fourth-order valence-electron chi connectivity index (χ4n) is 1.75. The van der Waals surface area contributed by atoms with Gasteiger partial charge in [0.05, 0.1) is 12.1 Å². The number of carbonyl (C=O) groups is 1. The normalized spacial score (nSPS) is 18.3. The monoisotopic (exact) mass is 214 g/mol. The van der Waals surface area contributed by atoms with Crippen LogP contribution in [0.2, 0.25) is 0 Å². The molecule has 1 rings (SSSR count). The van der Waals surface area contributed by atoms with Crippen molar-refractivity contribution in [2.45, 2.75) is 38.2 Å². The Morgan fingerprint density at radius 1 is 1.47 bits per heavy atom. The van der Waals surface area contributed by atoms with Gasteiger partial charge in [-0.1, -0.05) is 6.92 Å². The Bertz CT molecular complexity index is 197. The summed E-state index contributed by atoms with van der Waals surface area (Å²) in [7, 11) is 1.75. The van der Waals surface area contributed by atoms with Crippen LogP contribution in [-0.4, -0.2) is 38.3 Å². The first-order valence-corrected chi connectivity index (χ1v) is 5.75. The second-order valence-electron chi connectivity index (χ2n) is 4.19. The molecule has 4 heteroatoms. The maximum Gasteiger partial charge on any atom is 0.233 e. The molecule has 0 aromatic rings. The molecule has 0 spiro atoms. The van der Waals surface area contributed by atoms with Crippen molar-refractivity contribution in [3.8, 4) is 0 Å². The van der Waals surface area contributed by atoms with E-state index in [2.05, 4.69) is 10.6 Å². The van der Waals surface area contributed by atoms with Crippen molar-refractivity contribution in [3.63, 3.8) is 0 Å². The first kappa shape index (κ1) is 12.5. The molecule has 1 fully saturated rings. The van der Waals surface area contributed by atoms with Gasteiger partial charge in [-0.15, -0.1) is 0 Å². The van der Waals surface area contributed by atoms with Crippen LogP contribution < -0.4 is 10.6 Å². The van der Waals surface area contributed by atoms with E-state index in [1.54, 1.807) is 7.11 Å². The van der Waals surface area contributed by atoms with Gasteiger partial charge in [0.25, 0.3) is 0 Å². The van der Waals surface area contributed by atoms with Crippen LogP contribution in [0.15, 0.2) is 0 Å². The molecule has 88 valence electrons. The molecule has 0 atom stereocenters. The minimum absolute atomic E-state index is 0.00500. The predicted octanol–water partition coefficient (Wildman–Crippen LogP) is 0.671. The lowest BCUT2D eigenvalue weighted by atomic mass is 9.80. The van der Waals surface area contributed by atoms with E-state index in [1.165, 1.54) is 6.42 Å². The van der Waals surface area contributed by atoms with Gasteiger partial charge in [-0.05, 0) is 25.7 Å². The largest absolute Gasteiger partial charge is 0.377 e. The summed E-state index contributed by atoms with van der Waals surface area (Å²) in [6.07, 6.45) is 4.42. The molecular weight excluding hydrogens is 192 g/mol. The number of ether oxygens (including phenoxy) is 1. The molecule has 0 heterocycles. The van der Waals surface area contributed by atoms with E-state index in [0.29, 0.717) is 6.54 Å². The van der Waals surface area contributed by atoms with E-state index >= 15 is 0 Å². The van der Waals surface area contributed by atoms with Gasteiger partial charge in [-0.2, -0.15) is 0 Å². The number of carbonyl (C=O) groups excluding carboxylic acids is 1. The Labute approximate surface area is 91.8 Å². The molecule has 0 aromatic carbocycles. The summed E-state index contributed by atoms with van der Waals surface area (Å²) in [5, 5.41) is 5.98. The van der Waals surface area contributed by atoms with Crippen molar-refractivity contribution in [2.24, 2.45) is 0 Å². The molecule has 2 N–H and O–H groups in total. The average molecular weight is 214 g/mol. The number of nitrogens with one attached hydrogen (secondary N) is 2. The van der Waals surface area contributed by atoms with Crippen molar-refractivity contribution in [1.29, 1.82) is 0 Å². The molecule has 1 saturated carbocycles. The number of amides is 1. The van der Waals surface area contributed by atoms with Crippen molar-refractivity contribution in [1.82, 2.24) is 10.6 Å². The molecule has 0 bridgehead atoms. The topological polar surface area (TPSA) is 50.4 Å². The van der Waals surface area contributed by atoms with E-state index in [0.717, 1.165) is 32.4 Å². The standard InChI is InChI=1S/C11H22N2O2/c1-3-7-13-10(14)8-12-9-11(15-2)5-4-6-11/h12H,3-9H2,1-2H3,(H,13,14). The molecule has 0 radical (unpaired) electrons. The summed E-state index contributed by atoms with van der Waals surface area (Å²) in [6.45, 7) is 3.98. The number of hydrogen-bond acceptors (Lipinski definition) is 3. The third-order valence-electron chi connectivity index (χ3n) is 3.00. The highest BCUT2D eigenvalue weighted by molar-refractivity contribution is 5.77. The Hall–Kier alpha value is -0.610. The zero-order valence-corrected chi connectivity index (χ0v) is 9.77.